The van der Waals surface area contributed by atoms with E-state index in [0.717, 1.165) is 17.1 Å². The molecule has 1 heteroatoms. The Labute approximate surface area is 299 Å². The molecule has 0 unspecified atom stereocenters. The van der Waals surface area contributed by atoms with Crippen LogP contribution in [0.4, 0.5) is 17.1 Å². The monoisotopic (exact) mass is 649 g/mol. The van der Waals surface area contributed by atoms with Crippen LogP contribution in [0.5, 0.6) is 0 Å². The molecule has 0 atom stereocenters. The van der Waals surface area contributed by atoms with Gasteiger partial charge < -0.3 is 4.90 Å². The highest BCUT2D eigenvalue weighted by molar-refractivity contribution is 6.26. The molecule has 0 amide bonds. The van der Waals surface area contributed by atoms with Crippen LogP contribution in [-0.4, -0.2) is 0 Å². The molecule has 9 rings (SSSR count). The van der Waals surface area contributed by atoms with E-state index in [1.165, 1.54) is 66.1 Å². The van der Waals surface area contributed by atoms with E-state index < -0.39 is 0 Å². The molecule has 0 radical (unpaired) electrons. The lowest BCUT2D eigenvalue weighted by Gasteiger charge is -2.32. The summed E-state index contributed by atoms with van der Waals surface area (Å²) in [5.74, 6) is 0. The average Bonchev–Trinajstić information content (AvgIpc) is 3.22. The molecular formula is C50H35N. The SMILES string of the molecule is c1ccc(-c2ccccc2N(c2ccccc2-c2ccccc2)c2cccc3c(-c4ccccc4)c(-c4ccccc4)c4ccccc4c23)cc1. The molecule has 0 aliphatic rings. The van der Waals surface area contributed by atoms with Crippen molar-refractivity contribution >= 4 is 38.6 Å². The lowest BCUT2D eigenvalue weighted by Crippen LogP contribution is -2.13. The maximum Gasteiger partial charge on any atom is 0.0547 e. The number of fused-ring (bicyclic) bond motifs is 3. The van der Waals surface area contributed by atoms with E-state index in [1.54, 1.807) is 0 Å². The van der Waals surface area contributed by atoms with E-state index in [0.29, 0.717) is 0 Å². The molecule has 9 aromatic carbocycles. The number of para-hydroxylation sites is 2. The fourth-order valence-electron chi connectivity index (χ4n) is 7.67. The number of hydrogen-bond acceptors (Lipinski definition) is 1. The third-order valence-electron chi connectivity index (χ3n) is 9.85. The first-order chi connectivity index (χ1) is 25.4. The van der Waals surface area contributed by atoms with E-state index in [4.69, 9.17) is 0 Å². The quantitative estimate of drug-likeness (QED) is 0.155. The van der Waals surface area contributed by atoms with Gasteiger partial charge in [-0.25, -0.2) is 0 Å². The molecule has 0 bridgehead atoms. The van der Waals surface area contributed by atoms with Gasteiger partial charge in [-0.1, -0.05) is 194 Å². The first kappa shape index (κ1) is 30.4. The van der Waals surface area contributed by atoms with Crippen molar-refractivity contribution in [1.82, 2.24) is 0 Å². The number of nitrogens with zero attached hydrogens (tertiary/aromatic N) is 1. The van der Waals surface area contributed by atoms with Crippen molar-refractivity contribution in [2.24, 2.45) is 0 Å². The summed E-state index contributed by atoms with van der Waals surface area (Å²) in [6.45, 7) is 0. The van der Waals surface area contributed by atoms with Crippen molar-refractivity contribution in [1.29, 1.82) is 0 Å². The molecule has 0 aliphatic heterocycles. The fourth-order valence-corrected chi connectivity index (χ4v) is 7.67. The van der Waals surface area contributed by atoms with Crippen LogP contribution in [0.2, 0.25) is 0 Å². The average molecular weight is 650 g/mol. The topological polar surface area (TPSA) is 3.24 Å². The van der Waals surface area contributed by atoms with E-state index in [2.05, 4.69) is 217 Å². The summed E-state index contributed by atoms with van der Waals surface area (Å²) in [6.07, 6.45) is 0. The Bertz CT molecular complexity index is 2530. The van der Waals surface area contributed by atoms with Crippen molar-refractivity contribution in [3.63, 3.8) is 0 Å². The van der Waals surface area contributed by atoms with Gasteiger partial charge in [-0.15, -0.1) is 0 Å². The highest BCUT2D eigenvalue weighted by Crippen LogP contribution is 2.51. The van der Waals surface area contributed by atoms with Crippen molar-refractivity contribution in [2.75, 3.05) is 4.90 Å². The van der Waals surface area contributed by atoms with Gasteiger partial charge in [0.15, 0.2) is 0 Å². The molecule has 0 aliphatic carbocycles. The van der Waals surface area contributed by atoms with Gasteiger partial charge in [-0.3, -0.25) is 0 Å². The lowest BCUT2D eigenvalue weighted by atomic mass is 9.84. The molecule has 240 valence electrons. The predicted octanol–water partition coefficient (Wildman–Crippen LogP) is 14.1. The molecule has 0 aromatic heterocycles. The number of hydrogen-bond donors (Lipinski definition) is 0. The molecule has 0 fully saturated rings. The zero-order valence-corrected chi connectivity index (χ0v) is 28.2. The minimum absolute atomic E-state index is 1.12. The van der Waals surface area contributed by atoms with Crippen LogP contribution < -0.4 is 4.90 Å². The van der Waals surface area contributed by atoms with Crippen LogP contribution in [0.1, 0.15) is 0 Å². The number of anilines is 3. The molecule has 51 heavy (non-hydrogen) atoms. The van der Waals surface area contributed by atoms with E-state index >= 15 is 0 Å². The summed E-state index contributed by atoms with van der Waals surface area (Å²) in [6, 6.07) is 76.6. The second-order valence-electron chi connectivity index (χ2n) is 12.8. The van der Waals surface area contributed by atoms with E-state index in [9.17, 15) is 0 Å². The molecule has 0 N–H and O–H groups in total. The minimum Gasteiger partial charge on any atom is -0.309 e. The van der Waals surface area contributed by atoms with Gasteiger partial charge in [0.25, 0.3) is 0 Å². The van der Waals surface area contributed by atoms with Crippen molar-refractivity contribution in [3.05, 3.63) is 212 Å². The number of rotatable bonds is 7. The first-order valence-electron chi connectivity index (χ1n) is 17.5. The second-order valence-corrected chi connectivity index (χ2v) is 12.8. The van der Waals surface area contributed by atoms with Gasteiger partial charge in [0.1, 0.15) is 0 Å². The Balaban J connectivity index is 1.45. The Hall–Kier alpha value is -6.70. The molecular weight excluding hydrogens is 615 g/mol. The standard InChI is InChI=1S/C50H35N/c1-5-20-36(21-6-1)40-28-15-17-33-45(40)51(46-34-18-16-29-41(46)37-22-7-2-8-23-37)47-35-19-32-44-49(39-26-11-4-12-27-39)48(38-24-9-3-10-25-38)42-30-13-14-31-43(42)50(44)47/h1-35H. The predicted molar refractivity (Wildman–Crippen MR) is 218 cm³/mol. The van der Waals surface area contributed by atoms with Gasteiger partial charge >= 0.3 is 0 Å². The van der Waals surface area contributed by atoms with Crippen LogP contribution in [0.25, 0.3) is 66.1 Å². The summed E-state index contributed by atoms with van der Waals surface area (Å²) in [5, 5.41) is 4.89. The molecule has 0 saturated carbocycles. The third-order valence-corrected chi connectivity index (χ3v) is 9.85. The second kappa shape index (κ2) is 13.3. The smallest absolute Gasteiger partial charge is 0.0547 e. The van der Waals surface area contributed by atoms with Crippen molar-refractivity contribution < 1.29 is 0 Å². The Morgan fingerprint density at radius 3 is 1.10 bits per heavy atom. The van der Waals surface area contributed by atoms with Crippen molar-refractivity contribution in [2.45, 2.75) is 0 Å². The molecule has 0 saturated heterocycles. The first-order valence-corrected chi connectivity index (χ1v) is 17.5. The lowest BCUT2D eigenvalue weighted by molar-refractivity contribution is 1.30. The summed E-state index contributed by atoms with van der Waals surface area (Å²) in [7, 11) is 0. The largest absolute Gasteiger partial charge is 0.309 e. The van der Waals surface area contributed by atoms with E-state index in [-0.39, 0.29) is 0 Å². The van der Waals surface area contributed by atoms with Crippen LogP contribution in [0, 0.1) is 0 Å². The normalized spacial score (nSPS) is 11.1. The van der Waals surface area contributed by atoms with Gasteiger partial charge in [0, 0.05) is 16.5 Å². The summed E-state index contributed by atoms with van der Waals surface area (Å²) in [4.78, 5) is 2.50. The van der Waals surface area contributed by atoms with Crippen molar-refractivity contribution in [3.8, 4) is 44.5 Å². The summed E-state index contributed by atoms with van der Waals surface area (Å²) >= 11 is 0. The minimum atomic E-state index is 1.12. The highest BCUT2D eigenvalue weighted by Gasteiger charge is 2.25. The van der Waals surface area contributed by atoms with Crippen LogP contribution >= 0.6 is 0 Å². The third kappa shape index (κ3) is 5.46. The van der Waals surface area contributed by atoms with E-state index in [1.807, 2.05) is 0 Å². The fraction of sp³-hybridized carbons (Fsp3) is 0. The maximum atomic E-state index is 2.50. The molecule has 1 nitrogen and oxygen atoms in total. The molecule has 9 aromatic rings. The van der Waals surface area contributed by atoms with Gasteiger partial charge in [0.05, 0.1) is 17.1 Å². The molecule has 0 heterocycles. The Morgan fingerprint density at radius 1 is 0.235 bits per heavy atom. The van der Waals surface area contributed by atoms with Gasteiger partial charge in [-0.05, 0) is 67.7 Å². The summed E-state index contributed by atoms with van der Waals surface area (Å²) in [5.41, 5.74) is 13.0. The van der Waals surface area contributed by atoms with Crippen LogP contribution in [0.3, 0.4) is 0 Å². The summed E-state index contributed by atoms with van der Waals surface area (Å²) < 4.78 is 0. The highest BCUT2D eigenvalue weighted by atomic mass is 15.1. The van der Waals surface area contributed by atoms with Crippen LogP contribution in [0.15, 0.2) is 212 Å². The van der Waals surface area contributed by atoms with Gasteiger partial charge in [-0.2, -0.15) is 0 Å². The maximum absolute atomic E-state index is 2.50. The Kier molecular flexibility index (Phi) is 7.92. The number of benzene rings is 9. The van der Waals surface area contributed by atoms with Crippen LogP contribution in [-0.2, 0) is 0 Å². The Morgan fingerprint density at radius 2 is 0.588 bits per heavy atom. The zero-order chi connectivity index (χ0) is 34.0. The molecule has 0 spiro atoms. The van der Waals surface area contributed by atoms with Gasteiger partial charge in [0.2, 0.25) is 0 Å². The zero-order valence-electron chi connectivity index (χ0n) is 28.2.